The van der Waals surface area contributed by atoms with Crippen molar-refractivity contribution in [1.82, 2.24) is 20.0 Å². The van der Waals surface area contributed by atoms with Crippen LogP contribution in [-0.2, 0) is 23.1 Å². The molecule has 0 saturated carbocycles. The Labute approximate surface area is 135 Å². The van der Waals surface area contributed by atoms with Crippen LogP contribution in [0, 0.1) is 12.3 Å². The molecule has 3 rings (SSSR count). The standard InChI is InChI=1S/C16H24N4O3/c1-11-12(9-19(2)18-11)8-14(22)20-7-4-13(21)16(10-20)5-3-6-17-15(16)23/h9,13,21H,3-8,10H2,1-2H3,(H,17,23)/t13-,16+/m0/s1. The summed E-state index contributed by atoms with van der Waals surface area (Å²) in [5.74, 6) is -0.128. The van der Waals surface area contributed by atoms with E-state index in [1.54, 1.807) is 9.58 Å². The van der Waals surface area contributed by atoms with Gasteiger partial charge in [0.2, 0.25) is 11.8 Å². The maximum atomic E-state index is 12.6. The van der Waals surface area contributed by atoms with Crippen molar-refractivity contribution in [2.45, 2.75) is 38.7 Å². The number of aliphatic hydroxyl groups excluding tert-OH is 1. The van der Waals surface area contributed by atoms with Crippen LogP contribution in [0.3, 0.4) is 0 Å². The van der Waals surface area contributed by atoms with Crippen molar-refractivity contribution >= 4 is 11.8 Å². The summed E-state index contributed by atoms with van der Waals surface area (Å²) in [6.07, 6.45) is 3.39. The average Bonchev–Trinajstić information content (AvgIpc) is 2.82. The molecule has 0 unspecified atom stereocenters. The van der Waals surface area contributed by atoms with Gasteiger partial charge in [0, 0.05) is 38.4 Å². The van der Waals surface area contributed by atoms with Gasteiger partial charge in [0.25, 0.3) is 0 Å². The number of hydrogen-bond donors (Lipinski definition) is 2. The van der Waals surface area contributed by atoms with Gasteiger partial charge in [-0.15, -0.1) is 0 Å². The van der Waals surface area contributed by atoms with Crippen molar-refractivity contribution in [2.24, 2.45) is 12.5 Å². The lowest BCUT2D eigenvalue weighted by molar-refractivity contribution is -0.154. The van der Waals surface area contributed by atoms with Crippen LogP contribution in [0.15, 0.2) is 6.20 Å². The van der Waals surface area contributed by atoms with Crippen molar-refractivity contribution in [3.8, 4) is 0 Å². The minimum Gasteiger partial charge on any atom is -0.392 e. The van der Waals surface area contributed by atoms with Gasteiger partial charge in [-0.05, 0) is 26.2 Å². The zero-order valence-corrected chi connectivity index (χ0v) is 13.7. The SMILES string of the molecule is Cc1nn(C)cc1CC(=O)N1CC[C@H](O)[C@@]2(CCCNC2=O)C1. The third kappa shape index (κ3) is 2.85. The van der Waals surface area contributed by atoms with Gasteiger partial charge in [-0.25, -0.2) is 0 Å². The molecule has 2 aliphatic heterocycles. The summed E-state index contributed by atoms with van der Waals surface area (Å²) in [6.45, 7) is 3.33. The summed E-state index contributed by atoms with van der Waals surface area (Å²) in [4.78, 5) is 26.7. The molecule has 7 heteroatoms. The number of carbonyl (C=O) groups is 2. The van der Waals surface area contributed by atoms with E-state index < -0.39 is 11.5 Å². The number of carbonyl (C=O) groups excluding carboxylic acids is 2. The first kappa shape index (κ1) is 16.0. The van der Waals surface area contributed by atoms with Crippen LogP contribution >= 0.6 is 0 Å². The molecule has 2 aliphatic rings. The van der Waals surface area contributed by atoms with Crippen molar-refractivity contribution < 1.29 is 14.7 Å². The van der Waals surface area contributed by atoms with E-state index in [-0.39, 0.29) is 18.2 Å². The molecule has 2 amide bonds. The molecule has 0 aromatic carbocycles. The van der Waals surface area contributed by atoms with Gasteiger partial charge in [0.1, 0.15) is 0 Å². The van der Waals surface area contributed by atoms with Crippen LogP contribution in [0.1, 0.15) is 30.5 Å². The number of likely N-dealkylation sites (tertiary alicyclic amines) is 1. The molecule has 2 saturated heterocycles. The summed E-state index contributed by atoms with van der Waals surface area (Å²) in [5.41, 5.74) is 0.921. The number of aromatic nitrogens is 2. The van der Waals surface area contributed by atoms with Crippen LogP contribution in [0.25, 0.3) is 0 Å². The predicted molar refractivity (Wildman–Crippen MR) is 83.5 cm³/mol. The molecule has 1 aromatic heterocycles. The number of piperidine rings is 2. The molecule has 126 valence electrons. The van der Waals surface area contributed by atoms with Gasteiger partial charge in [-0.2, -0.15) is 5.10 Å². The molecule has 3 heterocycles. The van der Waals surface area contributed by atoms with Crippen molar-refractivity contribution in [3.05, 3.63) is 17.5 Å². The normalized spacial score (nSPS) is 28.0. The average molecular weight is 320 g/mol. The van der Waals surface area contributed by atoms with Gasteiger partial charge < -0.3 is 15.3 Å². The number of rotatable bonds is 2. The Hall–Kier alpha value is -1.89. The lowest BCUT2D eigenvalue weighted by atomic mass is 9.71. The number of hydrogen-bond acceptors (Lipinski definition) is 4. The summed E-state index contributed by atoms with van der Waals surface area (Å²) >= 11 is 0. The van der Waals surface area contributed by atoms with Crippen LogP contribution in [0.4, 0.5) is 0 Å². The second-order valence-electron chi connectivity index (χ2n) is 6.73. The Balaban J connectivity index is 1.74. The highest BCUT2D eigenvalue weighted by Crippen LogP contribution is 2.37. The first-order chi connectivity index (χ1) is 10.9. The Morgan fingerprint density at radius 2 is 2.35 bits per heavy atom. The van der Waals surface area contributed by atoms with E-state index in [4.69, 9.17) is 0 Å². The molecule has 0 bridgehead atoms. The molecule has 23 heavy (non-hydrogen) atoms. The summed E-state index contributed by atoms with van der Waals surface area (Å²) in [5, 5.41) is 17.5. The van der Waals surface area contributed by atoms with E-state index in [9.17, 15) is 14.7 Å². The van der Waals surface area contributed by atoms with E-state index in [1.807, 2.05) is 20.2 Å². The highest BCUT2D eigenvalue weighted by atomic mass is 16.3. The number of nitrogens with zero attached hydrogens (tertiary/aromatic N) is 3. The highest BCUT2D eigenvalue weighted by Gasteiger charge is 2.50. The topological polar surface area (TPSA) is 87.5 Å². The highest BCUT2D eigenvalue weighted by molar-refractivity contribution is 5.86. The number of nitrogens with one attached hydrogen (secondary N) is 1. The number of aliphatic hydroxyl groups is 1. The fraction of sp³-hybridized carbons (Fsp3) is 0.688. The van der Waals surface area contributed by atoms with Crippen molar-refractivity contribution in [2.75, 3.05) is 19.6 Å². The first-order valence-corrected chi connectivity index (χ1v) is 8.15. The van der Waals surface area contributed by atoms with E-state index in [1.165, 1.54) is 0 Å². The zero-order chi connectivity index (χ0) is 16.6. The van der Waals surface area contributed by atoms with Crippen LogP contribution in [0.5, 0.6) is 0 Å². The van der Waals surface area contributed by atoms with Crippen molar-refractivity contribution in [3.63, 3.8) is 0 Å². The maximum absolute atomic E-state index is 12.6. The Bertz CT molecular complexity index is 627. The van der Waals surface area contributed by atoms with Crippen LogP contribution in [-0.4, -0.2) is 57.3 Å². The minimum absolute atomic E-state index is 0.00857. The molecule has 2 N–H and O–H groups in total. The lowest BCUT2D eigenvalue weighted by Gasteiger charge is -2.46. The zero-order valence-electron chi connectivity index (χ0n) is 13.7. The van der Waals surface area contributed by atoms with E-state index >= 15 is 0 Å². The van der Waals surface area contributed by atoms with Crippen LogP contribution in [0.2, 0.25) is 0 Å². The fourth-order valence-electron chi connectivity index (χ4n) is 3.75. The second-order valence-corrected chi connectivity index (χ2v) is 6.73. The molecule has 1 spiro atoms. The Kier molecular flexibility index (Phi) is 4.14. The molecule has 0 radical (unpaired) electrons. The molecular formula is C16H24N4O3. The van der Waals surface area contributed by atoms with Gasteiger partial charge in [-0.1, -0.05) is 0 Å². The minimum atomic E-state index is -0.837. The smallest absolute Gasteiger partial charge is 0.230 e. The molecular weight excluding hydrogens is 296 g/mol. The van der Waals surface area contributed by atoms with E-state index in [2.05, 4.69) is 10.4 Å². The Morgan fingerprint density at radius 3 is 3.00 bits per heavy atom. The van der Waals surface area contributed by atoms with E-state index in [0.717, 1.165) is 17.7 Å². The predicted octanol–water partition coefficient (Wildman–Crippen LogP) is -0.239. The van der Waals surface area contributed by atoms with Gasteiger partial charge in [0.05, 0.1) is 23.6 Å². The van der Waals surface area contributed by atoms with Gasteiger partial charge in [0.15, 0.2) is 0 Å². The van der Waals surface area contributed by atoms with E-state index in [0.29, 0.717) is 32.5 Å². The first-order valence-electron chi connectivity index (χ1n) is 8.15. The monoisotopic (exact) mass is 320 g/mol. The molecule has 1 aromatic rings. The third-order valence-corrected chi connectivity index (χ3v) is 5.13. The summed E-state index contributed by atoms with van der Waals surface area (Å²) < 4.78 is 1.70. The molecule has 0 aliphatic carbocycles. The second kappa shape index (κ2) is 5.96. The quantitative estimate of drug-likeness (QED) is 0.787. The third-order valence-electron chi connectivity index (χ3n) is 5.13. The van der Waals surface area contributed by atoms with Gasteiger partial charge >= 0.3 is 0 Å². The lowest BCUT2D eigenvalue weighted by Crippen LogP contribution is -2.62. The summed E-state index contributed by atoms with van der Waals surface area (Å²) in [6, 6.07) is 0. The van der Waals surface area contributed by atoms with Crippen molar-refractivity contribution in [1.29, 1.82) is 0 Å². The molecule has 2 fully saturated rings. The molecule has 2 atom stereocenters. The number of aryl methyl sites for hydroxylation is 2. The largest absolute Gasteiger partial charge is 0.392 e. The number of amides is 2. The molecule has 7 nitrogen and oxygen atoms in total. The maximum Gasteiger partial charge on any atom is 0.230 e. The van der Waals surface area contributed by atoms with Crippen LogP contribution < -0.4 is 5.32 Å². The van der Waals surface area contributed by atoms with Gasteiger partial charge in [-0.3, -0.25) is 14.3 Å². The summed E-state index contributed by atoms with van der Waals surface area (Å²) in [7, 11) is 1.83. The Morgan fingerprint density at radius 1 is 1.57 bits per heavy atom. The fourth-order valence-corrected chi connectivity index (χ4v) is 3.75.